The molecule has 0 aliphatic heterocycles. The van der Waals surface area contributed by atoms with E-state index in [2.05, 4.69) is 45.4 Å². The second-order valence-electron chi connectivity index (χ2n) is 9.86. The van der Waals surface area contributed by atoms with Gasteiger partial charge < -0.3 is 24.8 Å². The van der Waals surface area contributed by atoms with Gasteiger partial charge in [0.15, 0.2) is 5.78 Å². The van der Waals surface area contributed by atoms with Crippen LogP contribution in [0.25, 0.3) is 0 Å². The molecule has 0 saturated carbocycles. The van der Waals surface area contributed by atoms with Gasteiger partial charge in [-0.15, -0.1) is 0 Å². The average Bonchev–Trinajstić information content (AvgIpc) is 2.96. The molecule has 1 heterocycles. The fraction of sp³-hybridized carbons (Fsp3) is 0.344. The molecule has 1 N–H and O–H groups in total. The summed E-state index contributed by atoms with van der Waals surface area (Å²) in [5.74, 6) is 0.323. The number of rotatable bonds is 14. The second-order valence-corrected chi connectivity index (χ2v) is 9.86. The summed E-state index contributed by atoms with van der Waals surface area (Å²) in [6, 6.07) is 15.1. The lowest BCUT2D eigenvalue weighted by atomic mass is 10.0. The fourth-order valence-corrected chi connectivity index (χ4v) is 4.50. The van der Waals surface area contributed by atoms with Crippen molar-refractivity contribution in [2.75, 3.05) is 69.5 Å². The predicted octanol–water partition coefficient (Wildman–Crippen LogP) is 4.88. The Kier molecular flexibility index (Phi) is 10.8. The van der Waals surface area contributed by atoms with Crippen LogP contribution in [0.4, 0.5) is 17.1 Å². The number of likely N-dealkylation sites (N-methyl/N-ethyl adjacent to an activating group) is 2. The van der Waals surface area contributed by atoms with Crippen molar-refractivity contribution < 1.29 is 14.3 Å². The first-order valence-electron chi connectivity index (χ1n) is 13.5. The topological polar surface area (TPSA) is 78.0 Å². The summed E-state index contributed by atoms with van der Waals surface area (Å²) in [5, 5.41) is 2.93. The number of amides is 1. The van der Waals surface area contributed by atoms with Crippen molar-refractivity contribution >= 4 is 28.8 Å². The quantitative estimate of drug-likeness (QED) is 0.229. The van der Waals surface area contributed by atoms with E-state index < -0.39 is 0 Å². The third-order valence-corrected chi connectivity index (χ3v) is 6.84. The summed E-state index contributed by atoms with van der Waals surface area (Å²) in [6.45, 7) is 11.2. The summed E-state index contributed by atoms with van der Waals surface area (Å²) < 4.78 is 5.75. The highest BCUT2D eigenvalue weighted by Crippen LogP contribution is 2.35. The zero-order chi connectivity index (χ0) is 29.2. The summed E-state index contributed by atoms with van der Waals surface area (Å²) >= 11 is 0. The molecule has 0 bridgehead atoms. The lowest BCUT2D eigenvalue weighted by molar-refractivity contribution is -0.111. The molecule has 40 heavy (non-hydrogen) atoms. The second kappa shape index (κ2) is 14.3. The van der Waals surface area contributed by atoms with Crippen LogP contribution >= 0.6 is 0 Å². The van der Waals surface area contributed by atoms with Crippen molar-refractivity contribution in [1.82, 2.24) is 9.88 Å². The lowest BCUT2D eigenvalue weighted by Crippen LogP contribution is -2.29. The molecular formula is C32H41N5O3. The van der Waals surface area contributed by atoms with E-state index in [-0.39, 0.29) is 11.7 Å². The van der Waals surface area contributed by atoms with Crippen LogP contribution in [0.1, 0.15) is 41.0 Å². The predicted molar refractivity (Wildman–Crippen MR) is 164 cm³/mol. The molecular weight excluding hydrogens is 502 g/mol. The number of carbonyl (C=O) groups is 2. The molecule has 0 atom stereocenters. The van der Waals surface area contributed by atoms with Crippen LogP contribution in [0, 0.1) is 0 Å². The molecule has 1 aromatic heterocycles. The van der Waals surface area contributed by atoms with E-state index in [4.69, 9.17) is 4.74 Å². The van der Waals surface area contributed by atoms with Crippen molar-refractivity contribution in [3.8, 4) is 5.75 Å². The van der Waals surface area contributed by atoms with Crippen molar-refractivity contribution in [3.63, 3.8) is 0 Å². The van der Waals surface area contributed by atoms with Crippen molar-refractivity contribution in [2.24, 2.45) is 0 Å². The maximum absolute atomic E-state index is 13.3. The SMILES string of the molecule is C=CC(=O)Nc1cc(Cc2cc(C(=O)c3ccc(N(CC)CC)cc3)ccn2)c(OC)cc1N(C)CCN(C)C. The molecule has 3 rings (SSSR count). The number of hydrogen-bond acceptors (Lipinski definition) is 7. The Morgan fingerprint density at radius 2 is 1.68 bits per heavy atom. The van der Waals surface area contributed by atoms with Gasteiger partial charge in [0.1, 0.15) is 5.75 Å². The fourth-order valence-electron chi connectivity index (χ4n) is 4.50. The Hall–Kier alpha value is -4.17. The smallest absolute Gasteiger partial charge is 0.247 e. The molecule has 0 saturated heterocycles. The molecule has 0 spiro atoms. The number of benzene rings is 2. The normalized spacial score (nSPS) is 10.8. The van der Waals surface area contributed by atoms with Crippen LogP contribution in [0.15, 0.2) is 67.4 Å². The number of ketones is 1. The Labute approximate surface area is 238 Å². The van der Waals surface area contributed by atoms with Gasteiger partial charge in [-0.3, -0.25) is 14.6 Å². The summed E-state index contributed by atoms with van der Waals surface area (Å²) in [4.78, 5) is 36.5. The maximum Gasteiger partial charge on any atom is 0.247 e. The number of hydrogen-bond donors (Lipinski definition) is 1. The molecule has 3 aromatic rings. The maximum atomic E-state index is 13.3. The first kappa shape index (κ1) is 30.4. The summed E-state index contributed by atoms with van der Waals surface area (Å²) in [5.41, 5.74) is 5.35. The zero-order valence-electron chi connectivity index (χ0n) is 24.5. The third kappa shape index (κ3) is 7.70. The highest BCUT2D eigenvalue weighted by Gasteiger charge is 2.17. The molecule has 0 unspecified atom stereocenters. The first-order chi connectivity index (χ1) is 19.2. The third-order valence-electron chi connectivity index (χ3n) is 6.84. The van der Waals surface area contributed by atoms with E-state index in [1.807, 2.05) is 63.6 Å². The molecule has 0 fully saturated rings. The van der Waals surface area contributed by atoms with E-state index in [1.165, 1.54) is 6.08 Å². The average molecular weight is 544 g/mol. The number of ether oxygens (including phenoxy) is 1. The van der Waals surface area contributed by atoms with Crippen molar-refractivity contribution in [2.45, 2.75) is 20.3 Å². The van der Waals surface area contributed by atoms with E-state index in [9.17, 15) is 9.59 Å². The first-order valence-corrected chi connectivity index (χ1v) is 13.5. The number of carbonyl (C=O) groups excluding carboxylic acids is 2. The summed E-state index contributed by atoms with van der Waals surface area (Å²) in [7, 11) is 7.64. The molecule has 212 valence electrons. The van der Waals surface area contributed by atoms with Crippen LogP contribution in [0.3, 0.4) is 0 Å². The van der Waals surface area contributed by atoms with Gasteiger partial charge in [-0.05, 0) is 76.5 Å². The van der Waals surface area contributed by atoms with Gasteiger partial charge in [0.25, 0.3) is 0 Å². The highest BCUT2D eigenvalue weighted by molar-refractivity contribution is 6.09. The molecule has 8 heteroatoms. The van der Waals surface area contributed by atoms with Crippen LogP contribution in [0.2, 0.25) is 0 Å². The Balaban J connectivity index is 1.91. The monoisotopic (exact) mass is 543 g/mol. The minimum Gasteiger partial charge on any atom is -0.496 e. The van der Waals surface area contributed by atoms with Crippen LogP contribution < -0.4 is 19.9 Å². The Morgan fingerprint density at radius 3 is 2.27 bits per heavy atom. The number of nitrogens with zero attached hydrogens (tertiary/aromatic N) is 4. The Morgan fingerprint density at radius 1 is 0.975 bits per heavy atom. The van der Waals surface area contributed by atoms with E-state index in [0.717, 1.165) is 48.8 Å². The van der Waals surface area contributed by atoms with E-state index >= 15 is 0 Å². The van der Waals surface area contributed by atoms with Gasteiger partial charge >= 0.3 is 0 Å². The number of nitrogens with one attached hydrogen (secondary N) is 1. The number of aromatic nitrogens is 1. The molecule has 8 nitrogen and oxygen atoms in total. The van der Waals surface area contributed by atoms with Gasteiger partial charge in [-0.2, -0.15) is 0 Å². The standard InChI is InChI=1S/C32H41N5O3/c1-8-31(38)34-28-21-25(30(40-7)22-29(28)36(6)18-17-35(4)5)20-26-19-24(15-16-33-26)32(39)23-11-13-27(14-12-23)37(9-2)10-3/h8,11-16,19,21-22H,1,9-10,17-18,20H2,2-7H3,(H,34,38). The van der Waals surface area contributed by atoms with Gasteiger partial charge in [0, 0.05) is 80.0 Å². The van der Waals surface area contributed by atoms with Gasteiger partial charge in [0.05, 0.1) is 18.5 Å². The minimum atomic E-state index is -0.295. The number of methoxy groups -OCH3 is 1. The molecule has 0 radical (unpaired) electrons. The minimum absolute atomic E-state index is 0.0569. The van der Waals surface area contributed by atoms with Crippen LogP contribution in [-0.2, 0) is 11.2 Å². The zero-order valence-corrected chi connectivity index (χ0v) is 24.5. The molecule has 0 aliphatic rings. The Bertz CT molecular complexity index is 1320. The molecule has 2 aromatic carbocycles. The van der Waals surface area contributed by atoms with Crippen molar-refractivity contribution in [1.29, 1.82) is 0 Å². The summed E-state index contributed by atoms with van der Waals surface area (Å²) in [6.07, 6.45) is 3.33. The molecule has 1 amide bonds. The molecule has 0 aliphatic carbocycles. The number of anilines is 3. The van der Waals surface area contributed by atoms with Crippen molar-refractivity contribution in [3.05, 3.63) is 89.8 Å². The van der Waals surface area contributed by atoms with E-state index in [1.54, 1.807) is 19.4 Å². The highest BCUT2D eigenvalue weighted by atomic mass is 16.5. The van der Waals surface area contributed by atoms with Gasteiger partial charge in [-0.25, -0.2) is 0 Å². The number of pyridine rings is 1. The van der Waals surface area contributed by atoms with E-state index in [0.29, 0.717) is 29.0 Å². The van der Waals surface area contributed by atoms with Gasteiger partial charge in [-0.1, -0.05) is 6.58 Å². The lowest BCUT2D eigenvalue weighted by Gasteiger charge is -2.26. The van der Waals surface area contributed by atoms with Crippen LogP contribution in [0.5, 0.6) is 5.75 Å². The van der Waals surface area contributed by atoms with Crippen LogP contribution in [-0.4, -0.2) is 76.0 Å². The van der Waals surface area contributed by atoms with Gasteiger partial charge in [0.2, 0.25) is 5.91 Å². The largest absolute Gasteiger partial charge is 0.496 e.